The van der Waals surface area contributed by atoms with Gasteiger partial charge in [-0.3, -0.25) is 4.90 Å². The lowest BCUT2D eigenvalue weighted by atomic mass is 10.1. The Labute approximate surface area is 144 Å². The van der Waals surface area contributed by atoms with Gasteiger partial charge in [0, 0.05) is 5.39 Å². The molecule has 0 aliphatic rings. The van der Waals surface area contributed by atoms with Gasteiger partial charge in [-0.1, -0.05) is 36.4 Å². The number of hydrogen-bond donors (Lipinski definition) is 2. The second kappa shape index (κ2) is 6.42. The fourth-order valence-corrected chi connectivity index (χ4v) is 2.95. The van der Waals surface area contributed by atoms with Gasteiger partial charge in [0.1, 0.15) is 5.75 Å². The third-order valence-electron chi connectivity index (χ3n) is 3.54. The van der Waals surface area contributed by atoms with E-state index in [1.165, 1.54) is 29.2 Å². The maximum absolute atomic E-state index is 12.1. The first-order valence-electron chi connectivity index (χ1n) is 7.25. The molecule has 0 heterocycles. The second-order valence-corrected chi connectivity index (χ2v) is 6.39. The SMILES string of the molecule is NC(=O)N(c1ccc(OS(N)(=O)=O)cc1)c1cccc2ccccc12. The van der Waals surface area contributed by atoms with E-state index in [1.54, 1.807) is 6.07 Å². The van der Waals surface area contributed by atoms with Crippen molar-refractivity contribution in [1.82, 2.24) is 0 Å². The van der Waals surface area contributed by atoms with E-state index in [2.05, 4.69) is 4.18 Å². The molecule has 0 aromatic heterocycles. The summed E-state index contributed by atoms with van der Waals surface area (Å²) in [5.74, 6) is 0.0357. The van der Waals surface area contributed by atoms with Crippen molar-refractivity contribution in [3.8, 4) is 5.75 Å². The monoisotopic (exact) mass is 357 g/mol. The predicted molar refractivity (Wildman–Crippen MR) is 95.8 cm³/mol. The lowest BCUT2D eigenvalue weighted by Gasteiger charge is -2.22. The van der Waals surface area contributed by atoms with Crippen molar-refractivity contribution < 1.29 is 17.4 Å². The Kier molecular flexibility index (Phi) is 4.30. The quantitative estimate of drug-likeness (QED) is 0.746. The molecule has 0 spiro atoms. The van der Waals surface area contributed by atoms with Crippen molar-refractivity contribution in [2.75, 3.05) is 4.90 Å². The second-order valence-electron chi connectivity index (χ2n) is 5.24. The molecule has 0 bridgehead atoms. The van der Waals surface area contributed by atoms with Crippen molar-refractivity contribution in [2.45, 2.75) is 0 Å². The minimum atomic E-state index is -4.11. The minimum absolute atomic E-state index is 0.0357. The Balaban J connectivity index is 2.06. The van der Waals surface area contributed by atoms with Crippen molar-refractivity contribution in [2.24, 2.45) is 10.9 Å². The number of amides is 2. The number of carbonyl (C=O) groups excluding carboxylic acids is 1. The molecule has 8 heteroatoms. The Morgan fingerprint density at radius 3 is 2.20 bits per heavy atom. The lowest BCUT2D eigenvalue weighted by Crippen LogP contribution is -2.31. The highest BCUT2D eigenvalue weighted by Gasteiger charge is 2.18. The fourth-order valence-electron chi connectivity index (χ4n) is 2.57. The van der Waals surface area contributed by atoms with E-state index in [9.17, 15) is 13.2 Å². The smallest absolute Gasteiger partial charge is 0.371 e. The number of benzene rings is 3. The van der Waals surface area contributed by atoms with Crippen molar-refractivity contribution in [3.05, 3.63) is 66.7 Å². The molecule has 3 aromatic carbocycles. The van der Waals surface area contributed by atoms with Crippen LogP contribution in [0.5, 0.6) is 5.75 Å². The van der Waals surface area contributed by atoms with Crippen LogP contribution in [-0.2, 0) is 10.3 Å². The van der Waals surface area contributed by atoms with E-state index in [-0.39, 0.29) is 5.75 Å². The molecule has 3 rings (SSSR count). The van der Waals surface area contributed by atoms with Gasteiger partial charge in [-0.05, 0) is 35.7 Å². The van der Waals surface area contributed by atoms with Crippen LogP contribution in [0.25, 0.3) is 10.8 Å². The van der Waals surface area contributed by atoms with E-state index >= 15 is 0 Å². The summed E-state index contributed by atoms with van der Waals surface area (Å²) in [5, 5.41) is 6.65. The highest BCUT2D eigenvalue weighted by atomic mass is 32.2. The molecule has 0 aliphatic heterocycles. The van der Waals surface area contributed by atoms with Crippen LogP contribution in [0, 0.1) is 0 Å². The molecule has 0 saturated heterocycles. The van der Waals surface area contributed by atoms with Crippen LogP contribution < -0.4 is 20.0 Å². The van der Waals surface area contributed by atoms with Gasteiger partial charge in [0.05, 0.1) is 11.4 Å². The molecule has 128 valence electrons. The van der Waals surface area contributed by atoms with E-state index in [0.29, 0.717) is 11.4 Å². The molecule has 7 nitrogen and oxygen atoms in total. The summed E-state index contributed by atoms with van der Waals surface area (Å²) in [6, 6.07) is 18.3. The van der Waals surface area contributed by atoms with Gasteiger partial charge in [-0.25, -0.2) is 4.79 Å². The minimum Gasteiger partial charge on any atom is -0.371 e. The number of urea groups is 1. The number of anilines is 2. The summed E-state index contributed by atoms with van der Waals surface area (Å²) < 4.78 is 26.5. The average Bonchev–Trinajstić information content (AvgIpc) is 2.55. The highest BCUT2D eigenvalue weighted by Crippen LogP contribution is 2.33. The van der Waals surface area contributed by atoms with E-state index < -0.39 is 16.3 Å². The first-order chi connectivity index (χ1) is 11.8. The molecule has 4 N–H and O–H groups in total. The number of nitrogens with two attached hydrogens (primary N) is 2. The molecular formula is C17H15N3O4S. The first kappa shape index (κ1) is 16.7. The standard InChI is InChI=1S/C17H15N3O4S/c18-17(21)20(13-8-10-14(11-9-13)24-25(19,22)23)16-7-3-5-12-4-1-2-6-15(12)16/h1-11H,(H2,18,21)(H2,19,22,23). The van der Waals surface area contributed by atoms with E-state index in [4.69, 9.17) is 10.9 Å². The normalized spacial score (nSPS) is 11.2. The third-order valence-corrected chi connectivity index (χ3v) is 3.96. The van der Waals surface area contributed by atoms with Gasteiger partial charge >= 0.3 is 16.3 Å². The number of fused-ring (bicyclic) bond motifs is 1. The average molecular weight is 357 g/mol. The summed E-state index contributed by atoms with van der Waals surface area (Å²) in [7, 11) is -4.11. The van der Waals surface area contributed by atoms with E-state index in [1.807, 2.05) is 36.4 Å². The number of rotatable bonds is 4. The van der Waals surface area contributed by atoms with Crippen molar-refractivity contribution in [1.29, 1.82) is 0 Å². The van der Waals surface area contributed by atoms with E-state index in [0.717, 1.165) is 10.8 Å². The number of nitrogens with zero attached hydrogens (tertiary/aromatic N) is 1. The molecule has 0 atom stereocenters. The largest absolute Gasteiger partial charge is 0.380 e. The summed E-state index contributed by atoms with van der Waals surface area (Å²) in [6.07, 6.45) is 0. The molecule has 0 aliphatic carbocycles. The molecule has 0 fully saturated rings. The molecule has 2 amide bonds. The predicted octanol–water partition coefficient (Wildman–Crippen LogP) is 2.64. The maximum atomic E-state index is 12.1. The number of hydrogen-bond acceptors (Lipinski definition) is 4. The van der Waals surface area contributed by atoms with Gasteiger partial charge in [0.2, 0.25) is 0 Å². The molecule has 3 aromatic rings. The van der Waals surface area contributed by atoms with Crippen LogP contribution >= 0.6 is 0 Å². The summed E-state index contributed by atoms with van der Waals surface area (Å²) in [4.78, 5) is 13.4. The summed E-state index contributed by atoms with van der Waals surface area (Å²) in [5.41, 5.74) is 6.65. The van der Waals surface area contributed by atoms with Crippen LogP contribution in [0.3, 0.4) is 0 Å². The highest BCUT2D eigenvalue weighted by molar-refractivity contribution is 7.84. The topological polar surface area (TPSA) is 116 Å². The molecule has 0 saturated carbocycles. The molecule has 0 radical (unpaired) electrons. The Bertz CT molecular complexity index is 1030. The molecule has 25 heavy (non-hydrogen) atoms. The van der Waals surface area contributed by atoms with Gasteiger partial charge in [-0.2, -0.15) is 13.6 Å². The Morgan fingerprint density at radius 1 is 0.920 bits per heavy atom. The van der Waals surface area contributed by atoms with Gasteiger partial charge in [0.15, 0.2) is 0 Å². The van der Waals surface area contributed by atoms with Crippen LogP contribution in [0.1, 0.15) is 0 Å². The molecule has 0 unspecified atom stereocenters. The van der Waals surface area contributed by atoms with Gasteiger partial charge < -0.3 is 9.92 Å². The number of primary amides is 1. The van der Waals surface area contributed by atoms with Crippen LogP contribution in [0.15, 0.2) is 66.7 Å². The Morgan fingerprint density at radius 2 is 1.56 bits per heavy atom. The van der Waals surface area contributed by atoms with Gasteiger partial charge in [0.25, 0.3) is 0 Å². The fraction of sp³-hybridized carbons (Fsp3) is 0. The zero-order valence-electron chi connectivity index (χ0n) is 13.0. The number of carbonyl (C=O) groups is 1. The lowest BCUT2D eigenvalue weighted by molar-refractivity contribution is 0.256. The maximum Gasteiger partial charge on any atom is 0.380 e. The van der Waals surface area contributed by atoms with Crippen LogP contribution in [0.4, 0.5) is 16.2 Å². The Hall–Kier alpha value is -3.10. The van der Waals surface area contributed by atoms with Crippen molar-refractivity contribution in [3.63, 3.8) is 0 Å². The summed E-state index contributed by atoms with van der Waals surface area (Å²) in [6.45, 7) is 0. The van der Waals surface area contributed by atoms with Crippen molar-refractivity contribution >= 4 is 38.5 Å². The zero-order chi connectivity index (χ0) is 18.0. The third kappa shape index (κ3) is 3.70. The summed E-state index contributed by atoms with van der Waals surface area (Å²) >= 11 is 0. The van der Waals surface area contributed by atoms with Crippen LogP contribution in [-0.4, -0.2) is 14.4 Å². The first-order valence-corrected chi connectivity index (χ1v) is 8.72. The van der Waals surface area contributed by atoms with Crippen LogP contribution in [0.2, 0.25) is 0 Å². The zero-order valence-corrected chi connectivity index (χ0v) is 13.8. The molecular weight excluding hydrogens is 342 g/mol. The van der Waals surface area contributed by atoms with Gasteiger partial charge in [-0.15, -0.1) is 0 Å².